The van der Waals surface area contributed by atoms with E-state index in [-0.39, 0.29) is 186 Å². The maximum absolute atomic E-state index is 12.7. The van der Waals surface area contributed by atoms with E-state index in [1.807, 2.05) is 207 Å². The van der Waals surface area contributed by atoms with Crippen LogP contribution in [0.2, 0.25) is 0 Å². The number of hydrogen-bond donors (Lipinski definition) is 3. The van der Waals surface area contributed by atoms with Crippen molar-refractivity contribution in [1.29, 1.82) is 0 Å². The molecule has 125 heavy (non-hydrogen) atoms. The van der Waals surface area contributed by atoms with E-state index in [0.717, 1.165) is 62.1 Å². The molecular weight excluding hydrogens is 1570 g/mol. The molecule has 0 fully saturated rings. The van der Waals surface area contributed by atoms with Crippen molar-refractivity contribution in [2.24, 2.45) is 43.3 Å². The summed E-state index contributed by atoms with van der Waals surface area (Å²) < 4.78 is 22.4. The number of nitrogens with one attached hydrogen (secondary N) is 3. The predicted molar refractivity (Wildman–Crippen MR) is 544 cm³/mol. The second-order valence-electron chi connectivity index (χ2n) is 31.4. The van der Waals surface area contributed by atoms with E-state index < -0.39 is 37.9 Å². The molecular formula is C104H201N9O12. The van der Waals surface area contributed by atoms with E-state index in [1.54, 1.807) is 50.4 Å². The lowest BCUT2D eigenvalue weighted by Gasteiger charge is -2.34. The zero-order valence-corrected chi connectivity index (χ0v) is 68.5. The standard InChI is InChI=1S/C19H24N2O.C18H28N2O3.C18H27NO3.C17H29N3O3.C14H21NO2.18CH4/c1-4-19(3,13-15(2)16-9-6-5-7-10-16)18(22)21-17-11-8-12-20-14-17;1-6-18(4,13-17(2,3)16(22)23-5)15(21)20-12-10-14-9-7-8-11-19-14;1-6-18(5,13-17(3,4)14(2)20)16(21)22-12-10-15-9-7-8-11-19-15;1-6-17(4,12-16(2,3)15(22)23-5)14(21)19-8-7-10-20-11-9-18-13-20;1-4-14(2,3)13(16)17-10-6-8-12-7-5-9-15-11-12;;;;;;;;;;;;;;;;;;/h5-12,14-15H,4,13H2,1-3H3,(H,21,22);7-9,11H,6,10,12-13H2,1-5H3,(H,20,21);7-9,11H,6,10,12-13H2,1-5H3;9,11,13H,6-8,10,12H2,1-5H3,(H,19,21);5,7,9,11H,4,6,8,10H2,1-3H3;18*1H4. The highest BCUT2D eigenvalue weighted by Gasteiger charge is 2.44. The Morgan fingerprint density at radius 1 is 0.400 bits per heavy atom. The number of benzene rings is 1. The molecule has 734 valence electrons. The van der Waals surface area contributed by atoms with Crippen LogP contribution >= 0.6 is 0 Å². The van der Waals surface area contributed by atoms with E-state index >= 15 is 0 Å². The minimum Gasteiger partial charge on any atom is -0.469 e. The van der Waals surface area contributed by atoms with Crippen LogP contribution in [0.5, 0.6) is 0 Å². The number of aryl methyl sites for hydroxylation is 2. The zero-order chi connectivity index (χ0) is 80.6. The van der Waals surface area contributed by atoms with Gasteiger partial charge in [0.15, 0.2) is 0 Å². The minimum absolute atomic E-state index is 0. The lowest BCUT2D eigenvalue weighted by molar-refractivity contribution is -0.158. The van der Waals surface area contributed by atoms with Gasteiger partial charge in [-0.1, -0.05) is 258 Å². The van der Waals surface area contributed by atoms with Crippen LogP contribution in [0.15, 0.2) is 147 Å². The van der Waals surface area contributed by atoms with Crippen LogP contribution in [0.25, 0.3) is 0 Å². The van der Waals surface area contributed by atoms with Gasteiger partial charge in [0.05, 0.1) is 67.3 Å². The van der Waals surface area contributed by atoms with Crippen molar-refractivity contribution in [3.05, 3.63) is 169 Å². The zero-order valence-electron chi connectivity index (χ0n) is 68.5. The molecule has 0 bridgehead atoms. The van der Waals surface area contributed by atoms with Crippen LogP contribution in [0, 0.1) is 43.3 Å². The summed E-state index contributed by atoms with van der Waals surface area (Å²) in [5.74, 6) is -0.476. The number of Topliss-reactive ketones (excluding diaryl/α,β-unsaturated/α-hetero) is 1. The van der Waals surface area contributed by atoms with Crippen LogP contribution < -0.4 is 16.0 Å². The monoisotopic (exact) mass is 1770 g/mol. The van der Waals surface area contributed by atoms with Gasteiger partial charge in [0.2, 0.25) is 17.7 Å². The molecule has 3 amide bonds. The molecule has 0 saturated heterocycles. The number of ether oxygens (including phenoxy) is 4. The lowest BCUT2D eigenvalue weighted by Crippen LogP contribution is -2.44. The number of carbonyl (C=O) groups excluding carboxylic acids is 8. The van der Waals surface area contributed by atoms with Crippen LogP contribution in [0.1, 0.15) is 364 Å². The van der Waals surface area contributed by atoms with Crippen LogP contribution in [-0.2, 0) is 83.1 Å². The van der Waals surface area contributed by atoms with Crippen molar-refractivity contribution >= 4 is 53.1 Å². The summed E-state index contributed by atoms with van der Waals surface area (Å²) in [6, 6.07) is 29.4. The van der Waals surface area contributed by atoms with Crippen molar-refractivity contribution in [3.63, 3.8) is 0 Å². The van der Waals surface area contributed by atoms with E-state index in [2.05, 4.69) is 66.9 Å². The average Bonchev–Trinajstić information content (AvgIpc) is 0.997. The number of nitrogens with zero attached hydrogens (tertiary/aromatic N) is 6. The fourth-order valence-corrected chi connectivity index (χ4v) is 12.0. The van der Waals surface area contributed by atoms with Gasteiger partial charge in [0.25, 0.3) is 0 Å². The van der Waals surface area contributed by atoms with Gasteiger partial charge < -0.3 is 39.5 Å². The first-order valence-corrected chi connectivity index (χ1v) is 37.8. The van der Waals surface area contributed by atoms with Gasteiger partial charge in [0.1, 0.15) is 5.78 Å². The summed E-state index contributed by atoms with van der Waals surface area (Å²) in [7, 11) is 2.75. The third-order valence-corrected chi connectivity index (χ3v) is 20.4. The van der Waals surface area contributed by atoms with Gasteiger partial charge in [-0.2, -0.15) is 0 Å². The molecule has 5 atom stereocenters. The fraction of sp³-hybridized carbons (Fsp3) is 0.644. The van der Waals surface area contributed by atoms with Gasteiger partial charge >= 0.3 is 23.9 Å². The van der Waals surface area contributed by atoms with Gasteiger partial charge in [-0.05, 0) is 192 Å². The molecule has 21 nitrogen and oxygen atoms in total. The Balaban J connectivity index is -0.0000000753. The number of imidazole rings is 1. The Morgan fingerprint density at radius 2 is 0.832 bits per heavy atom. The van der Waals surface area contributed by atoms with E-state index in [1.165, 1.54) is 25.3 Å². The molecule has 0 spiro atoms. The van der Waals surface area contributed by atoms with Crippen molar-refractivity contribution in [2.75, 3.05) is 45.8 Å². The summed E-state index contributed by atoms with van der Waals surface area (Å²) >= 11 is 0. The molecule has 0 aliphatic carbocycles. The summed E-state index contributed by atoms with van der Waals surface area (Å²) in [4.78, 5) is 118. The first-order valence-electron chi connectivity index (χ1n) is 37.8. The Kier molecular flexibility index (Phi) is 96.8. The SMILES string of the molecule is C.C.C.C.C.C.C.C.C.C.C.C.C.C.C.C.C.C.CCC(C)(C)C(=O)OCCCc1cccnc1.CCC(C)(CC(C)(C)C(=O)OC)C(=O)NCCCn1ccnc1.CCC(C)(CC(C)(C)C(=O)OC)C(=O)NCCc1ccccn1.CCC(C)(CC(C)(C)C(C)=O)C(=O)OCCc1ccccn1.CCC(C)(CC(C)c1ccccc1)C(=O)Nc1cccnc1. The Morgan fingerprint density at radius 3 is 1.22 bits per heavy atom. The molecule has 0 aliphatic heterocycles. The first kappa shape index (κ1) is 157. The van der Waals surface area contributed by atoms with E-state index in [0.29, 0.717) is 83.6 Å². The lowest BCUT2D eigenvalue weighted by atomic mass is 9.71. The van der Waals surface area contributed by atoms with Crippen LogP contribution in [0.4, 0.5) is 5.69 Å². The van der Waals surface area contributed by atoms with Gasteiger partial charge in [-0.15, -0.1) is 0 Å². The van der Waals surface area contributed by atoms with Crippen molar-refractivity contribution in [1.82, 2.24) is 40.1 Å². The largest absolute Gasteiger partial charge is 0.469 e. The summed E-state index contributed by atoms with van der Waals surface area (Å²) in [6.07, 6.45) is 25.5. The van der Waals surface area contributed by atoms with Crippen LogP contribution in [-0.4, -0.2) is 117 Å². The van der Waals surface area contributed by atoms with Gasteiger partial charge in [-0.25, -0.2) is 4.98 Å². The minimum atomic E-state index is -0.697. The Hall–Kier alpha value is -9.01. The molecule has 6 aromatic rings. The highest BCUT2D eigenvalue weighted by atomic mass is 16.5. The Bertz CT molecular complexity index is 3590. The molecule has 5 heterocycles. The second kappa shape index (κ2) is 77.3. The average molecular weight is 1770 g/mol. The smallest absolute Gasteiger partial charge is 0.311 e. The first-order chi connectivity index (χ1) is 50.3. The molecule has 5 unspecified atom stereocenters. The summed E-state index contributed by atoms with van der Waals surface area (Å²) in [5, 5.41) is 8.95. The van der Waals surface area contributed by atoms with E-state index in [9.17, 15) is 38.4 Å². The number of ketones is 1. The molecule has 0 saturated carbocycles. The number of carbonyl (C=O) groups is 8. The number of hydrogen-bond acceptors (Lipinski definition) is 17. The van der Waals surface area contributed by atoms with Crippen LogP contribution in [0.3, 0.4) is 0 Å². The Labute approximate surface area is 772 Å². The highest BCUT2D eigenvalue weighted by Crippen LogP contribution is 2.41. The molecule has 3 N–H and O–H groups in total. The van der Waals surface area contributed by atoms with Crippen molar-refractivity contribution in [3.8, 4) is 0 Å². The maximum atomic E-state index is 12.7. The third-order valence-electron chi connectivity index (χ3n) is 20.4. The molecule has 0 radical (unpaired) electrons. The molecule has 5 aromatic heterocycles. The molecule has 6 rings (SSSR count). The number of anilines is 1. The predicted octanol–water partition coefficient (Wildman–Crippen LogP) is 27.8. The van der Waals surface area contributed by atoms with Gasteiger partial charge in [-0.3, -0.25) is 58.3 Å². The second-order valence-corrected chi connectivity index (χ2v) is 31.4. The molecule has 0 aliphatic rings. The maximum Gasteiger partial charge on any atom is 0.311 e. The van der Waals surface area contributed by atoms with Gasteiger partial charge in [0, 0.05) is 109 Å². The number of aromatic nitrogens is 6. The third kappa shape index (κ3) is 55.9. The van der Waals surface area contributed by atoms with E-state index in [4.69, 9.17) is 18.9 Å². The molecule has 1 aromatic carbocycles. The topological polar surface area (TPSA) is 279 Å². The van der Waals surface area contributed by atoms with Crippen molar-refractivity contribution in [2.45, 2.75) is 368 Å². The molecule has 21 heteroatoms. The highest BCUT2D eigenvalue weighted by molar-refractivity contribution is 5.95. The fourth-order valence-electron chi connectivity index (χ4n) is 12.0. The number of rotatable bonds is 37. The summed E-state index contributed by atoms with van der Waals surface area (Å²) in [5.41, 5.74) is 0.538. The van der Waals surface area contributed by atoms with Crippen molar-refractivity contribution < 1.29 is 57.3 Å². The normalized spacial score (nSPS) is 11.8. The number of methoxy groups -OCH3 is 2. The quantitative estimate of drug-likeness (QED) is 0.0186. The number of pyridine rings is 4. The number of esters is 4. The number of amides is 3. The summed E-state index contributed by atoms with van der Waals surface area (Å²) in [6.45, 7) is 39.0.